The standard InChI is InChI=1S/C11H11N3O2S/c1-16-9-4-2-8(3-5-9)6-12-14-11-13-10(15)7-17-11/h2-6H,7H2,1H3,(H,13,14,15)/b12-6+. The molecule has 5 nitrogen and oxygen atoms in total. The third-order valence-corrected chi connectivity index (χ3v) is 2.92. The molecule has 0 unspecified atom stereocenters. The van der Waals surface area contributed by atoms with E-state index in [1.165, 1.54) is 11.8 Å². The molecule has 1 aliphatic heterocycles. The molecule has 1 saturated heterocycles. The van der Waals surface area contributed by atoms with Gasteiger partial charge in [0.1, 0.15) is 5.75 Å². The summed E-state index contributed by atoms with van der Waals surface area (Å²) in [6.45, 7) is 0. The molecule has 88 valence electrons. The first kappa shape index (κ1) is 11.7. The van der Waals surface area contributed by atoms with Gasteiger partial charge in [0.2, 0.25) is 5.91 Å². The zero-order chi connectivity index (χ0) is 12.1. The van der Waals surface area contributed by atoms with E-state index >= 15 is 0 Å². The molecule has 0 aliphatic carbocycles. The van der Waals surface area contributed by atoms with Crippen LogP contribution in [-0.4, -0.2) is 30.2 Å². The van der Waals surface area contributed by atoms with Crippen LogP contribution < -0.4 is 10.1 Å². The van der Waals surface area contributed by atoms with E-state index < -0.39 is 0 Å². The van der Waals surface area contributed by atoms with Crippen LogP contribution in [0.1, 0.15) is 5.56 Å². The van der Waals surface area contributed by atoms with Gasteiger partial charge in [-0.25, -0.2) is 0 Å². The maximum absolute atomic E-state index is 10.9. The lowest BCUT2D eigenvalue weighted by atomic mass is 10.2. The molecule has 0 bridgehead atoms. The predicted octanol–water partition coefficient (Wildman–Crippen LogP) is 1.25. The van der Waals surface area contributed by atoms with Crippen molar-refractivity contribution in [3.05, 3.63) is 29.8 Å². The summed E-state index contributed by atoms with van der Waals surface area (Å²) in [4.78, 5) is 10.9. The Kier molecular flexibility index (Phi) is 3.77. The second kappa shape index (κ2) is 5.49. The smallest absolute Gasteiger partial charge is 0.236 e. The molecule has 1 aromatic carbocycles. The van der Waals surface area contributed by atoms with Crippen LogP contribution in [0.15, 0.2) is 34.5 Å². The predicted molar refractivity (Wildman–Crippen MR) is 68.6 cm³/mol. The molecule has 0 radical (unpaired) electrons. The van der Waals surface area contributed by atoms with E-state index in [9.17, 15) is 4.79 Å². The minimum Gasteiger partial charge on any atom is -0.497 e. The summed E-state index contributed by atoms with van der Waals surface area (Å²) < 4.78 is 5.04. The second-order valence-electron chi connectivity index (χ2n) is 3.26. The quantitative estimate of drug-likeness (QED) is 0.647. The van der Waals surface area contributed by atoms with Crippen LogP contribution in [0.2, 0.25) is 0 Å². The topological polar surface area (TPSA) is 63.1 Å². The number of ether oxygens (including phenoxy) is 1. The third kappa shape index (κ3) is 3.32. The number of methoxy groups -OCH3 is 1. The van der Waals surface area contributed by atoms with Crippen molar-refractivity contribution in [3.63, 3.8) is 0 Å². The average Bonchev–Trinajstić information content (AvgIpc) is 2.76. The molecule has 0 spiro atoms. The molecule has 0 atom stereocenters. The Morgan fingerprint density at radius 1 is 1.41 bits per heavy atom. The van der Waals surface area contributed by atoms with Crippen molar-refractivity contribution in [2.75, 3.05) is 12.9 Å². The van der Waals surface area contributed by atoms with Crippen LogP contribution >= 0.6 is 11.8 Å². The van der Waals surface area contributed by atoms with Crippen molar-refractivity contribution in [2.45, 2.75) is 0 Å². The molecule has 1 heterocycles. The number of nitrogens with zero attached hydrogens (tertiary/aromatic N) is 2. The van der Waals surface area contributed by atoms with E-state index in [2.05, 4.69) is 15.5 Å². The second-order valence-corrected chi connectivity index (χ2v) is 4.22. The van der Waals surface area contributed by atoms with Crippen LogP contribution in [0.25, 0.3) is 0 Å². The largest absolute Gasteiger partial charge is 0.497 e. The lowest BCUT2D eigenvalue weighted by Crippen LogP contribution is -2.19. The number of benzene rings is 1. The summed E-state index contributed by atoms with van der Waals surface area (Å²) in [7, 11) is 1.62. The molecule has 1 N–H and O–H groups in total. The van der Waals surface area contributed by atoms with Crippen molar-refractivity contribution in [2.24, 2.45) is 10.2 Å². The van der Waals surface area contributed by atoms with Gasteiger partial charge in [0, 0.05) is 0 Å². The normalized spacial score (nSPS) is 17.7. The monoisotopic (exact) mass is 249 g/mol. The number of carbonyl (C=O) groups is 1. The molecule has 1 amide bonds. The molecule has 0 aromatic heterocycles. The number of amides is 1. The molecule has 2 rings (SSSR count). The Bertz CT molecular complexity index is 468. The molecule has 1 fully saturated rings. The van der Waals surface area contributed by atoms with Gasteiger partial charge in [-0.05, 0) is 29.8 Å². The van der Waals surface area contributed by atoms with Gasteiger partial charge in [0.05, 0.1) is 19.1 Å². The Morgan fingerprint density at radius 2 is 2.18 bits per heavy atom. The average molecular weight is 249 g/mol. The Hall–Kier alpha value is -1.82. The summed E-state index contributed by atoms with van der Waals surface area (Å²) in [6.07, 6.45) is 1.62. The van der Waals surface area contributed by atoms with E-state index in [4.69, 9.17) is 4.74 Å². The first-order valence-corrected chi connectivity index (χ1v) is 5.94. The number of hydrogen-bond donors (Lipinski definition) is 1. The highest BCUT2D eigenvalue weighted by Gasteiger charge is 2.15. The van der Waals surface area contributed by atoms with Gasteiger partial charge in [-0.2, -0.15) is 5.10 Å². The van der Waals surface area contributed by atoms with Crippen molar-refractivity contribution >= 4 is 29.1 Å². The van der Waals surface area contributed by atoms with Gasteiger partial charge < -0.3 is 10.1 Å². The van der Waals surface area contributed by atoms with Crippen LogP contribution in [0.4, 0.5) is 0 Å². The molecule has 17 heavy (non-hydrogen) atoms. The highest BCUT2D eigenvalue weighted by molar-refractivity contribution is 8.15. The number of thioether (sulfide) groups is 1. The molecule has 1 aliphatic rings. The third-order valence-electron chi connectivity index (χ3n) is 2.06. The van der Waals surface area contributed by atoms with E-state index in [-0.39, 0.29) is 5.91 Å². The van der Waals surface area contributed by atoms with Gasteiger partial charge in [-0.3, -0.25) is 4.79 Å². The van der Waals surface area contributed by atoms with Crippen molar-refractivity contribution in [1.82, 2.24) is 5.32 Å². The van der Waals surface area contributed by atoms with Crippen LogP contribution in [0, 0.1) is 0 Å². The fourth-order valence-corrected chi connectivity index (χ4v) is 1.85. The summed E-state index contributed by atoms with van der Waals surface area (Å²) in [5.74, 6) is 1.18. The first-order valence-electron chi connectivity index (χ1n) is 4.95. The van der Waals surface area contributed by atoms with Crippen molar-refractivity contribution in [1.29, 1.82) is 0 Å². The number of amidine groups is 1. The van der Waals surface area contributed by atoms with Gasteiger partial charge in [-0.1, -0.05) is 11.8 Å². The molecule has 1 aromatic rings. The van der Waals surface area contributed by atoms with E-state index in [0.717, 1.165) is 11.3 Å². The Balaban J connectivity index is 1.98. The molecule has 6 heteroatoms. The summed E-state index contributed by atoms with van der Waals surface area (Å²) >= 11 is 1.35. The fourth-order valence-electron chi connectivity index (χ4n) is 1.22. The van der Waals surface area contributed by atoms with Crippen molar-refractivity contribution in [3.8, 4) is 5.75 Å². The Morgan fingerprint density at radius 3 is 2.76 bits per heavy atom. The highest BCUT2D eigenvalue weighted by Crippen LogP contribution is 2.10. The minimum atomic E-state index is -0.0339. The lowest BCUT2D eigenvalue weighted by molar-refractivity contribution is -0.116. The zero-order valence-electron chi connectivity index (χ0n) is 9.21. The van der Waals surface area contributed by atoms with Gasteiger partial charge >= 0.3 is 0 Å². The van der Waals surface area contributed by atoms with Gasteiger partial charge in [0.15, 0.2) is 5.17 Å². The van der Waals surface area contributed by atoms with E-state index in [0.29, 0.717) is 10.9 Å². The molecular weight excluding hydrogens is 238 g/mol. The molecule has 0 saturated carbocycles. The summed E-state index contributed by atoms with van der Waals surface area (Å²) in [5.41, 5.74) is 0.921. The molecular formula is C11H11N3O2S. The number of nitrogens with one attached hydrogen (secondary N) is 1. The first-order chi connectivity index (χ1) is 8.28. The SMILES string of the molecule is COc1ccc(/C=N/N=C2\NC(=O)CS2)cc1. The van der Waals surface area contributed by atoms with Gasteiger partial charge in [0.25, 0.3) is 0 Å². The summed E-state index contributed by atoms with van der Waals surface area (Å²) in [6, 6.07) is 7.45. The fraction of sp³-hybridized carbons (Fsp3) is 0.182. The minimum absolute atomic E-state index is 0.0339. The van der Waals surface area contributed by atoms with Crippen LogP contribution in [0.3, 0.4) is 0 Å². The number of rotatable bonds is 3. The maximum atomic E-state index is 10.9. The van der Waals surface area contributed by atoms with E-state index in [1.807, 2.05) is 24.3 Å². The number of carbonyl (C=O) groups excluding carboxylic acids is 1. The summed E-state index contributed by atoms with van der Waals surface area (Å²) in [5, 5.41) is 10.9. The number of hydrogen-bond acceptors (Lipinski definition) is 5. The van der Waals surface area contributed by atoms with Crippen LogP contribution in [0.5, 0.6) is 5.75 Å². The highest BCUT2D eigenvalue weighted by atomic mass is 32.2. The maximum Gasteiger partial charge on any atom is 0.236 e. The lowest BCUT2D eigenvalue weighted by Gasteiger charge is -1.98. The zero-order valence-corrected chi connectivity index (χ0v) is 10.0. The van der Waals surface area contributed by atoms with Crippen molar-refractivity contribution < 1.29 is 9.53 Å². The van der Waals surface area contributed by atoms with Gasteiger partial charge in [-0.15, -0.1) is 5.10 Å². The van der Waals surface area contributed by atoms with Crippen LogP contribution in [-0.2, 0) is 4.79 Å². The van der Waals surface area contributed by atoms with E-state index in [1.54, 1.807) is 13.3 Å². The Labute approximate surface area is 103 Å².